The van der Waals surface area contributed by atoms with E-state index in [0.29, 0.717) is 26.2 Å². The number of hydrogen-bond acceptors (Lipinski definition) is 6. The summed E-state index contributed by atoms with van der Waals surface area (Å²) in [6, 6.07) is 16.6. The van der Waals surface area contributed by atoms with Crippen molar-refractivity contribution < 1.29 is 23.8 Å². The van der Waals surface area contributed by atoms with Gasteiger partial charge in [0.1, 0.15) is 6.61 Å². The van der Waals surface area contributed by atoms with Crippen LogP contribution < -0.4 is 5.32 Å². The molecule has 0 aliphatic heterocycles. The van der Waals surface area contributed by atoms with Crippen LogP contribution in [-0.2, 0) is 14.1 Å². The second kappa shape index (κ2) is 13.4. The zero-order valence-electron chi connectivity index (χ0n) is 16.0. The Hall–Kier alpha value is -1.82. The Kier molecular flexibility index (Phi) is 11.5. The van der Waals surface area contributed by atoms with Gasteiger partial charge in [-0.2, -0.15) is 0 Å². The molecule has 7 heteroatoms. The highest BCUT2D eigenvalue weighted by Gasteiger charge is 2.28. The Morgan fingerprint density at radius 3 is 2.00 bits per heavy atom. The van der Waals surface area contributed by atoms with Gasteiger partial charge >= 0.3 is 8.60 Å². The molecule has 0 heterocycles. The van der Waals surface area contributed by atoms with Crippen LogP contribution in [0.3, 0.4) is 0 Å². The van der Waals surface area contributed by atoms with E-state index in [1.54, 1.807) is 7.05 Å². The Morgan fingerprint density at radius 1 is 1.04 bits per heavy atom. The molecule has 0 unspecified atom stereocenters. The lowest BCUT2D eigenvalue weighted by molar-refractivity contribution is -0.128. The minimum Gasteiger partial charge on any atom is -0.467 e. The minimum atomic E-state index is -2.15. The van der Waals surface area contributed by atoms with Crippen molar-refractivity contribution in [2.45, 2.75) is 19.8 Å². The maximum Gasteiger partial charge on any atom is 0.327 e. The third-order valence-corrected chi connectivity index (χ3v) is 4.27. The smallest absolute Gasteiger partial charge is 0.327 e. The van der Waals surface area contributed by atoms with Crippen LogP contribution in [0.25, 0.3) is 11.1 Å². The molecule has 0 radical (unpaired) electrons. The predicted octanol–water partition coefficient (Wildman–Crippen LogP) is 3.43. The van der Waals surface area contributed by atoms with Gasteiger partial charge in [0.2, 0.25) is 0 Å². The highest BCUT2D eigenvalue weighted by Crippen LogP contribution is 2.44. The maximum atomic E-state index is 10.4. The van der Waals surface area contributed by atoms with Crippen molar-refractivity contribution in [2.75, 3.05) is 26.8 Å². The van der Waals surface area contributed by atoms with Gasteiger partial charge < -0.3 is 24.4 Å². The fourth-order valence-corrected chi connectivity index (χ4v) is 3.06. The summed E-state index contributed by atoms with van der Waals surface area (Å²) in [4.78, 5) is 26.7. The number of benzene rings is 2. The standard InChI is InChI=1S/C15H12O2.C3H10NO3P.C2H6/c16-10-17-9-15-13-7-3-1-5-11(13)12-6-2-4-8-14(12)15;1-4-2-3-7-8(5)6;1-2/h1-8,10,15H,9H2;4-6H,2-3H2,1H3;1-2H3. The van der Waals surface area contributed by atoms with E-state index in [1.807, 2.05) is 38.1 Å². The largest absolute Gasteiger partial charge is 0.467 e. The topological polar surface area (TPSA) is 88.0 Å². The van der Waals surface area contributed by atoms with Crippen molar-refractivity contribution in [2.24, 2.45) is 0 Å². The van der Waals surface area contributed by atoms with Crippen LogP contribution in [0, 0.1) is 0 Å². The number of hydrogen-bond donors (Lipinski definition) is 3. The van der Waals surface area contributed by atoms with Crippen molar-refractivity contribution in [3.05, 3.63) is 59.7 Å². The van der Waals surface area contributed by atoms with Crippen LogP contribution in [0.2, 0.25) is 0 Å². The second-order valence-corrected chi connectivity index (χ2v) is 6.11. The predicted molar refractivity (Wildman–Crippen MR) is 108 cm³/mol. The van der Waals surface area contributed by atoms with E-state index in [0.717, 1.165) is 0 Å². The molecule has 6 nitrogen and oxygen atoms in total. The number of carbonyl (C=O) groups is 1. The van der Waals surface area contributed by atoms with E-state index in [2.05, 4.69) is 34.1 Å². The normalized spacial score (nSPS) is 11.5. The molecule has 3 rings (SSSR count). The molecule has 2 aromatic rings. The molecule has 3 N–H and O–H groups in total. The molecule has 1 aliphatic carbocycles. The monoisotopic (exact) mass is 393 g/mol. The molecule has 148 valence electrons. The molecule has 2 aromatic carbocycles. The highest BCUT2D eigenvalue weighted by atomic mass is 31.2. The first-order valence-electron chi connectivity index (χ1n) is 8.88. The third-order valence-electron chi connectivity index (χ3n) is 3.85. The molecule has 1 aliphatic rings. The van der Waals surface area contributed by atoms with Crippen LogP contribution in [0.1, 0.15) is 30.9 Å². The molecule has 0 saturated heterocycles. The van der Waals surface area contributed by atoms with Crippen LogP contribution in [0.5, 0.6) is 0 Å². The molecule has 0 spiro atoms. The van der Waals surface area contributed by atoms with Crippen LogP contribution in [0.15, 0.2) is 48.5 Å². The summed E-state index contributed by atoms with van der Waals surface area (Å²) in [5.74, 6) is 0.174. The Bertz CT molecular complexity index is 635. The number of carbonyl (C=O) groups excluding carboxylic acids is 1. The van der Waals surface area contributed by atoms with Crippen molar-refractivity contribution in [3.63, 3.8) is 0 Å². The molecule has 0 aromatic heterocycles. The van der Waals surface area contributed by atoms with Crippen molar-refractivity contribution in [1.29, 1.82) is 0 Å². The van der Waals surface area contributed by atoms with Crippen LogP contribution in [0.4, 0.5) is 0 Å². The van der Waals surface area contributed by atoms with Gasteiger partial charge in [-0.3, -0.25) is 4.79 Å². The van der Waals surface area contributed by atoms with Crippen LogP contribution >= 0.6 is 8.60 Å². The number of rotatable bonds is 7. The van der Waals surface area contributed by atoms with Gasteiger partial charge in [0.25, 0.3) is 6.47 Å². The highest BCUT2D eigenvalue weighted by molar-refractivity contribution is 7.39. The van der Waals surface area contributed by atoms with Gasteiger partial charge in [0.15, 0.2) is 0 Å². The SMILES string of the molecule is CC.CNCCOP(O)O.O=COCC1c2ccccc2-c2ccccc21. The summed E-state index contributed by atoms with van der Waals surface area (Å²) in [5.41, 5.74) is 5.00. The van der Waals surface area contributed by atoms with Gasteiger partial charge in [-0.05, 0) is 29.3 Å². The van der Waals surface area contributed by atoms with E-state index in [-0.39, 0.29) is 5.92 Å². The maximum absolute atomic E-state index is 10.4. The fourth-order valence-electron chi connectivity index (χ4n) is 2.80. The number of ether oxygens (including phenoxy) is 1. The number of nitrogens with one attached hydrogen (secondary N) is 1. The zero-order chi connectivity index (χ0) is 20.1. The molecular formula is C20H28NO5P. The first-order valence-corrected chi connectivity index (χ1v) is 10.0. The van der Waals surface area contributed by atoms with Crippen molar-refractivity contribution >= 4 is 15.1 Å². The van der Waals surface area contributed by atoms with Gasteiger partial charge in [0.05, 0.1) is 6.61 Å². The molecule has 0 bridgehead atoms. The molecule has 0 fully saturated rings. The first kappa shape index (κ1) is 23.2. The average Bonchev–Trinajstić information content (AvgIpc) is 3.02. The lowest BCUT2D eigenvalue weighted by atomic mass is 9.98. The van der Waals surface area contributed by atoms with Gasteiger partial charge in [0, 0.05) is 12.5 Å². The van der Waals surface area contributed by atoms with E-state index in [9.17, 15) is 4.79 Å². The van der Waals surface area contributed by atoms with E-state index < -0.39 is 8.60 Å². The summed E-state index contributed by atoms with van der Waals surface area (Å²) in [5, 5.41) is 2.79. The van der Waals surface area contributed by atoms with Crippen molar-refractivity contribution in [3.8, 4) is 11.1 Å². The molecular weight excluding hydrogens is 365 g/mol. The molecule has 0 saturated carbocycles. The Balaban J connectivity index is 0.000000312. The average molecular weight is 393 g/mol. The molecule has 0 amide bonds. The summed E-state index contributed by atoms with van der Waals surface area (Å²) in [6.07, 6.45) is 0. The van der Waals surface area contributed by atoms with Gasteiger partial charge in [-0.15, -0.1) is 0 Å². The summed E-state index contributed by atoms with van der Waals surface area (Å²) in [6.45, 7) is 5.91. The van der Waals surface area contributed by atoms with E-state index >= 15 is 0 Å². The van der Waals surface area contributed by atoms with Crippen LogP contribution in [-0.4, -0.2) is 43.1 Å². The second-order valence-electron chi connectivity index (χ2n) is 5.35. The lowest BCUT2D eigenvalue weighted by Gasteiger charge is -2.11. The van der Waals surface area contributed by atoms with E-state index in [1.165, 1.54) is 22.3 Å². The number of likely N-dealkylation sites (N-methyl/N-ethyl adjacent to an activating group) is 1. The fraction of sp³-hybridized carbons (Fsp3) is 0.350. The zero-order valence-corrected chi connectivity index (χ0v) is 16.9. The van der Waals surface area contributed by atoms with Gasteiger partial charge in [-0.1, -0.05) is 62.4 Å². The third kappa shape index (κ3) is 7.01. The first-order chi connectivity index (χ1) is 13.2. The minimum absolute atomic E-state index is 0.174. The summed E-state index contributed by atoms with van der Waals surface area (Å²) >= 11 is 0. The summed E-state index contributed by atoms with van der Waals surface area (Å²) < 4.78 is 9.35. The lowest BCUT2D eigenvalue weighted by Crippen LogP contribution is -2.12. The van der Waals surface area contributed by atoms with E-state index in [4.69, 9.17) is 14.5 Å². The van der Waals surface area contributed by atoms with Crippen molar-refractivity contribution in [1.82, 2.24) is 5.32 Å². The number of fused-ring (bicyclic) bond motifs is 3. The van der Waals surface area contributed by atoms with Gasteiger partial charge in [-0.25, -0.2) is 0 Å². The quantitative estimate of drug-likeness (QED) is 0.380. The molecule has 0 atom stereocenters. The Morgan fingerprint density at radius 2 is 1.56 bits per heavy atom. The molecule has 27 heavy (non-hydrogen) atoms. The Labute approximate surface area is 162 Å². The summed E-state index contributed by atoms with van der Waals surface area (Å²) in [7, 11) is -0.388.